The number of hydrogen-bond acceptors (Lipinski definition) is 3. The smallest absolute Gasteiger partial charge is 0.263 e. The van der Waals surface area contributed by atoms with Gasteiger partial charge in [-0.3, -0.25) is 9.48 Å². The monoisotopic (exact) mass is 351 g/mol. The standard InChI is InChI=1S/C21H25N3O2/c1-5-24-15(2)19(13-22-24)14-23(4)21(25)16(3)26-20-11-10-17-8-6-7-9-18(17)12-20/h6-13,16H,5,14H2,1-4H3. The first kappa shape index (κ1) is 18.0. The quantitative estimate of drug-likeness (QED) is 0.679. The van der Waals surface area contributed by atoms with Gasteiger partial charge in [0, 0.05) is 31.4 Å². The molecule has 0 bridgehead atoms. The highest BCUT2D eigenvalue weighted by molar-refractivity contribution is 5.84. The van der Waals surface area contributed by atoms with Crippen LogP contribution in [0.25, 0.3) is 10.8 Å². The van der Waals surface area contributed by atoms with Crippen LogP contribution in [0.15, 0.2) is 48.7 Å². The number of hydrogen-bond donors (Lipinski definition) is 0. The van der Waals surface area contributed by atoms with E-state index in [2.05, 4.69) is 18.1 Å². The lowest BCUT2D eigenvalue weighted by molar-refractivity contribution is -0.137. The van der Waals surface area contributed by atoms with Crippen molar-refractivity contribution in [2.75, 3.05) is 7.05 Å². The van der Waals surface area contributed by atoms with E-state index in [9.17, 15) is 4.79 Å². The maximum Gasteiger partial charge on any atom is 0.263 e. The number of carbonyl (C=O) groups excluding carboxylic acids is 1. The molecular formula is C21H25N3O2. The average Bonchev–Trinajstić information content (AvgIpc) is 3.00. The first-order valence-electron chi connectivity index (χ1n) is 8.91. The van der Waals surface area contributed by atoms with E-state index in [1.807, 2.05) is 54.2 Å². The summed E-state index contributed by atoms with van der Waals surface area (Å²) in [6.07, 6.45) is 1.28. The molecule has 0 N–H and O–H groups in total. The molecule has 0 saturated carbocycles. The van der Waals surface area contributed by atoms with Crippen LogP contribution in [0.2, 0.25) is 0 Å². The summed E-state index contributed by atoms with van der Waals surface area (Å²) < 4.78 is 7.82. The normalized spacial score (nSPS) is 12.2. The fourth-order valence-electron chi connectivity index (χ4n) is 3.10. The van der Waals surface area contributed by atoms with E-state index in [1.54, 1.807) is 18.9 Å². The van der Waals surface area contributed by atoms with Crippen LogP contribution in [0.4, 0.5) is 0 Å². The number of amides is 1. The second kappa shape index (κ2) is 7.60. The van der Waals surface area contributed by atoms with Crippen LogP contribution in [-0.4, -0.2) is 33.7 Å². The zero-order valence-corrected chi connectivity index (χ0v) is 15.8. The third-order valence-electron chi connectivity index (χ3n) is 4.67. The van der Waals surface area contributed by atoms with Gasteiger partial charge in [-0.1, -0.05) is 30.3 Å². The van der Waals surface area contributed by atoms with Crippen molar-refractivity contribution in [3.8, 4) is 5.75 Å². The number of fused-ring (bicyclic) bond motifs is 1. The van der Waals surface area contributed by atoms with Crippen molar-refractivity contribution >= 4 is 16.7 Å². The van der Waals surface area contributed by atoms with Crippen LogP contribution in [0, 0.1) is 6.92 Å². The summed E-state index contributed by atoms with van der Waals surface area (Å²) in [5, 5.41) is 6.59. The van der Waals surface area contributed by atoms with Gasteiger partial charge in [-0.15, -0.1) is 0 Å². The molecule has 3 aromatic rings. The molecule has 5 nitrogen and oxygen atoms in total. The topological polar surface area (TPSA) is 47.4 Å². The number of aromatic nitrogens is 2. The Labute approximate surface area is 154 Å². The summed E-state index contributed by atoms with van der Waals surface area (Å²) in [6.45, 7) is 7.22. The average molecular weight is 351 g/mol. The lowest BCUT2D eigenvalue weighted by Gasteiger charge is -2.22. The number of benzene rings is 2. The molecule has 0 spiro atoms. The molecule has 2 aromatic carbocycles. The van der Waals surface area contributed by atoms with E-state index >= 15 is 0 Å². The first-order chi connectivity index (χ1) is 12.5. The molecule has 26 heavy (non-hydrogen) atoms. The molecule has 0 fully saturated rings. The highest BCUT2D eigenvalue weighted by Crippen LogP contribution is 2.22. The third-order valence-corrected chi connectivity index (χ3v) is 4.67. The molecule has 0 aliphatic carbocycles. The maximum absolute atomic E-state index is 12.7. The van der Waals surface area contributed by atoms with Crippen LogP contribution in [0.1, 0.15) is 25.1 Å². The van der Waals surface area contributed by atoms with E-state index in [-0.39, 0.29) is 5.91 Å². The van der Waals surface area contributed by atoms with Crippen LogP contribution in [0.5, 0.6) is 5.75 Å². The Morgan fingerprint density at radius 3 is 2.65 bits per heavy atom. The second-order valence-electron chi connectivity index (χ2n) is 6.53. The largest absolute Gasteiger partial charge is 0.481 e. The van der Waals surface area contributed by atoms with Gasteiger partial charge in [0.15, 0.2) is 6.10 Å². The zero-order valence-electron chi connectivity index (χ0n) is 15.8. The summed E-state index contributed by atoms with van der Waals surface area (Å²) in [5.74, 6) is 0.648. The molecule has 1 unspecified atom stereocenters. The number of likely N-dealkylation sites (N-methyl/N-ethyl adjacent to an activating group) is 1. The van der Waals surface area contributed by atoms with Crippen LogP contribution >= 0.6 is 0 Å². The number of nitrogens with zero attached hydrogens (tertiary/aromatic N) is 3. The van der Waals surface area contributed by atoms with Gasteiger partial charge in [0.25, 0.3) is 5.91 Å². The van der Waals surface area contributed by atoms with Crippen molar-refractivity contribution in [2.45, 2.75) is 40.0 Å². The summed E-state index contributed by atoms with van der Waals surface area (Å²) in [5.41, 5.74) is 2.15. The highest BCUT2D eigenvalue weighted by Gasteiger charge is 2.20. The van der Waals surface area contributed by atoms with Gasteiger partial charge < -0.3 is 9.64 Å². The van der Waals surface area contributed by atoms with Crippen molar-refractivity contribution in [2.24, 2.45) is 0 Å². The van der Waals surface area contributed by atoms with Crippen LogP contribution in [0.3, 0.4) is 0 Å². The predicted octanol–water partition coefficient (Wildman–Crippen LogP) is 3.79. The van der Waals surface area contributed by atoms with Gasteiger partial charge >= 0.3 is 0 Å². The van der Waals surface area contributed by atoms with Crippen molar-refractivity contribution in [3.63, 3.8) is 0 Å². The highest BCUT2D eigenvalue weighted by atomic mass is 16.5. The molecule has 5 heteroatoms. The Balaban J connectivity index is 1.66. The summed E-state index contributed by atoms with van der Waals surface area (Å²) in [4.78, 5) is 14.4. The van der Waals surface area contributed by atoms with Crippen LogP contribution < -0.4 is 4.74 Å². The minimum Gasteiger partial charge on any atom is -0.481 e. The van der Waals surface area contributed by atoms with Crippen molar-refractivity contribution < 1.29 is 9.53 Å². The fraction of sp³-hybridized carbons (Fsp3) is 0.333. The Bertz CT molecular complexity index is 917. The molecular weight excluding hydrogens is 326 g/mol. The molecule has 3 rings (SSSR count). The summed E-state index contributed by atoms with van der Waals surface area (Å²) in [6, 6.07) is 14.0. The molecule has 0 aliphatic rings. The molecule has 1 amide bonds. The second-order valence-corrected chi connectivity index (χ2v) is 6.53. The van der Waals surface area contributed by atoms with Gasteiger partial charge in [-0.2, -0.15) is 5.10 Å². The minimum atomic E-state index is -0.553. The van der Waals surface area contributed by atoms with E-state index in [1.165, 1.54) is 0 Å². The van der Waals surface area contributed by atoms with Gasteiger partial charge in [-0.05, 0) is 43.7 Å². The molecule has 1 aromatic heterocycles. The zero-order chi connectivity index (χ0) is 18.7. The molecule has 1 heterocycles. The first-order valence-corrected chi connectivity index (χ1v) is 8.91. The SMILES string of the molecule is CCn1ncc(CN(C)C(=O)C(C)Oc2ccc3ccccc3c2)c1C. The lowest BCUT2D eigenvalue weighted by Crippen LogP contribution is -2.37. The molecule has 136 valence electrons. The number of ether oxygens (including phenoxy) is 1. The number of carbonyl (C=O) groups is 1. The molecule has 0 aliphatic heterocycles. The Hall–Kier alpha value is -2.82. The number of rotatable bonds is 6. The Morgan fingerprint density at radius 1 is 1.23 bits per heavy atom. The summed E-state index contributed by atoms with van der Waals surface area (Å²) >= 11 is 0. The van der Waals surface area contributed by atoms with Gasteiger partial charge in [0.1, 0.15) is 5.75 Å². The van der Waals surface area contributed by atoms with Crippen molar-refractivity contribution in [1.29, 1.82) is 0 Å². The van der Waals surface area contributed by atoms with Gasteiger partial charge in [0.05, 0.1) is 6.20 Å². The fourth-order valence-corrected chi connectivity index (χ4v) is 3.10. The van der Waals surface area contributed by atoms with Crippen molar-refractivity contribution in [3.05, 3.63) is 59.9 Å². The number of aryl methyl sites for hydroxylation is 1. The van der Waals surface area contributed by atoms with E-state index in [0.29, 0.717) is 12.3 Å². The van der Waals surface area contributed by atoms with Gasteiger partial charge in [0.2, 0.25) is 0 Å². The maximum atomic E-state index is 12.7. The third kappa shape index (κ3) is 3.72. The van der Waals surface area contributed by atoms with E-state index < -0.39 is 6.10 Å². The molecule has 1 atom stereocenters. The molecule has 0 saturated heterocycles. The Kier molecular flexibility index (Phi) is 5.26. The lowest BCUT2D eigenvalue weighted by atomic mass is 10.1. The summed E-state index contributed by atoms with van der Waals surface area (Å²) in [7, 11) is 1.80. The van der Waals surface area contributed by atoms with Gasteiger partial charge in [-0.25, -0.2) is 0 Å². The molecule has 0 radical (unpaired) electrons. The minimum absolute atomic E-state index is 0.0539. The Morgan fingerprint density at radius 2 is 1.96 bits per heavy atom. The van der Waals surface area contributed by atoms with Crippen molar-refractivity contribution in [1.82, 2.24) is 14.7 Å². The van der Waals surface area contributed by atoms with E-state index in [0.717, 1.165) is 28.6 Å². The van der Waals surface area contributed by atoms with Crippen LogP contribution in [-0.2, 0) is 17.9 Å². The predicted molar refractivity (Wildman–Crippen MR) is 103 cm³/mol. The van der Waals surface area contributed by atoms with E-state index in [4.69, 9.17) is 4.74 Å².